The molecule has 0 N–H and O–H groups in total. The van der Waals surface area contributed by atoms with E-state index in [1.54, 1.807) is 23.1 Å². The van der Waals surface area contributed by atoms with Crippen molar-refractivity contribution in [3.8, 4) is 11.1 Å². The molecule has 1 aliphatic carbocycles. The van der Waals surface area contributed by atoms with Gasteiger partial charge in [-0.1, -0.05) is 6.07 Å². The molecule has 1 saturated carbocycles. The third-order valence-corrected chi connectivity index (χ3v) is 4.33. The molecule has 4 rings (SSSR count). The average Bonchev–Trinajstić information content (AvgIpc) is 3.31. The van der Waals surface area contributed by atoms with Crippen LogP contribution in [0.15, 0.2) is 36.7 Å². The molecule has 1 aromatic carbocycles. The summed E-state index contributed by atoms with van der Waals surface area (Å²) in [6.07, 6.45) is 5.43. The fraction of sp³-hybridized carbons (Fsp3) is 0.278. The molecule has 116 valence electrons. The highest BCUT2D eigenvalue weighted by Crippen LogP contribution is 2.31. The van der Waals surface area contributed by atoms with E-state index < -0.39 is 0 Å². The number of fused-ring (bicyclic) bond motifs is 1. The standard InChI is InChI=1S/C18H16FN3O/c1-11-6-14(19)4-5-15(11)13-7-17-16(20-8-13)9-21-22(17)10-18(23)12-2-3-12/h4-9,12H,2-3,10H2,1H3. The van der Waals surface area contributed by atoms with E-state index in [1.807, 2.05) is 13.0 Å². The lowest BCUT2D eigenvalue weighted by atomic mass is 10.0. The van der Waals surface area contributed by atoms with Gasteiger partial charge in [0.1, 0.15) is 17.9 Å². The minimum atomic E-state index is -0.250. The van der Waals surface area contributed by atoms with E-state index >= 15 is 0 Å². The van der Waals surface area contributed by atoms with Gasteiger partial charge in [-0.25, -0.2) is 4.39 Å². The highest BCUT2D eigenvalue weighted by Gasteiger charge is 2.29. The molecule has 0 unspecified atom stereocenters. The number of aryl methyl sites for hydroxylation is 1. The molecule has 0 radical (unpaired) electrons. The molecule has 0 bridgehead atoms. The molecular weight excluding hydrogens is 293 g/mol. The third kappa shape index (κ3) is 2.63. The van der Waals surface area contributed by atoms with Crippen LogP contribution >= 0.6 is 0 Å². The van der Waals surface area contributed by atoms with Gasteiger partial charge in [-0.3, -0.25) is 14.5 Å². The summed E-state index contributed by atoms with van der Waals surface area (Å²) in [5.74, 6) is 0.198. The molecule has 0 atom stereocenters. The van der Waals surface area contributed by atoms with Gasteiger partial charge in [-0.05, 0) is 49.1 Å². The summed E-state index contributed by atoms with van der Waals surface area (Å²) in [6.45, 7) is 2.16. The van der Waals surface area contributed by atoms with Gasteiger partial charge in [0.15, 0.2) is 5.78 Å². The summed E-state index contributed by atoms with van der Waals surface area (Å²) in [7, 11) is 0. The normalized spacial score (nSPS) is 14.3. The summed E-state index contributed by atoms with van der Waals surface area (Å²) in [6, 6.07) is 6.67. The Hall–Kier alpha value is -2.56. The molecule has 2 aromatic heterocycles. The molecule has 3 aromatic rings. The lowest BCUT2D eigenvalue weighted by Gasteiger charge is -2.07. The first-order chi connectivity index (χ1) is 11.1. The summed E-state index contributed by atoms with van der Waals surface area (Å²) < 4.78 is 15.0. The van der Waals surface area contributed by atoms with Crippen LogP contribution in [0.1, 0.15) is 18.4 Å². The molecule has 0 saturated heterocycles. The number of carbonyl (C=O) groups is 1. The monoisotopic (exact) mass is 309 g/mol. The number of carbonyl (C=O) groups excluding carboxylic acids is 1. The number of hydrogen-bond donors (Lipinski definition) is 0. The lowest BCUT2D eigenvalue weighted by Crippen LogP contribution is -2.12. The van der Waals surface area contributed by atoms with Crippen LogP contribution in [0.25, 0.3) is 22.2 Å². The third-order valence-electron chi connectivity index (χ3n) is 4.33. The number of hydrogen-bond acceptors (Lipinski definition) is 3. The van der Waals surface area contributed by atoms with E-state index in [4.69, 9.17) is 0 Å². The highest BCUT2D eigenvalue weighted by molar-refractivity contribution is 5.86. The van der Waals surface area contributed by atoms with Crippen LogP contribution in [-0.4, -0.2) is 20.5 Å². The van der Waals surface area contributed by atoms with E-state index in [2.05, 4.69) is 10.1 Å². The lowest BCUT2D eigenvalue weighted by molar-refractivity contribution is -0.120. The quantitative estimate of drug-likeness (QED) is 0.741. The van der Waals surface area contributed by atoms with Gasteiger partial charge in [0.25, 0.3) is 0 Å². The Morgan fingerprint density at radius 2 is 2.13 bits per heavy atom. The fourth-order valence-electron chi connectivity index (χ4n) is 2.86. The second-order valence-corrected chi connectivity index (χ2v) is 6.13. The summed E-state index contributed by atoms with van der Waals surface area (Å²) in [5, 5.41) is 4.29. The average molecular weight is 309 g/mol. The summed E-state index contributed by atoms with van der Waals surface area (Å²) in [4.78, 5) is 16.5. The van der Waals surface area contributed by atoms with Gasteiger partial charge in [0.05, 0.1) is 11.7 Å². The Kier molecular flexibility index (Phi) is 3.22. The number of halogens is 1. The first-order valence-electron chi connectivity index (χ1n) is 7.72. The SMILES string of the molecule is Cc1cc(F)ccc1-c1cnc2cnn(CC(=O)C3CC3)c2c1. The predicted molar refractivity (Wildman–Crippen MR) is 85.4 cm³/mol. The van der Waals surface area contributed by atoms with Gasteiger partial charge in [0, 0.05) is 17.7 Å². The Balaban J connectivity index is 1.75. The van der Waals surface area contributed by atoms with Crippen molar-refractivity contribution in [1.29, 1.82) is 0 Å². The Morgan fingerprint density at radius 1 is 1.30 bits per heavy atom. The summed E-state index contributed by atoms with van der Waals surface area (Å²) in [5.41, 5.74) is 4.28. The van der Waals surface area contributed by atoms with Crippen molar-refractivity contribution >= 4 is 16.8 Å². The number of ketones is 1. The van der Waals surface area contributed by atoms with Gasteiger partial charge in [-0.15, -0.1) is 0 Å². The Labute approximate surface area is 133 Å². The maximum atomic E-state index is 13.3. The van der Waals surface area contributed by atoms with E-state index in [1.165, 1.54) is 12.1 Å². The zero-order valence-corrected chi connectivity index (χ0v) is 12.8. The van der Waals surface area contributed by atoms with Gasteiger partial charge in [0.2, 0.25) is 0 Å². The minimum absolute atomic E-state index is 0.213. The molecule has 23 heavy (non-hydrogen) atoms. The Bertz CT molecular complexity index is 912. The zero-order chi connectivity index (χ0) is 16.0. The van der Waals surface area contributed by atoms with Crippen LogP contribution in [-0.2, 0) is 11.3 Å². The largest absolute Gasteiger partial charge is 0.297 e. The molecule has 4 nitrogen and oxygen atoms in total. The van der Waals surface area contributed by atoms with Crippen molar-refractivity contribution < 1.29 is 9.18 Å². The first-order valence-corrected chi connectivity index (χ1v) is 7.72. The van der Waals surface area contributed by atoms with Gasteiger partial charge < -0.3 is 0 Å². The van der Waals surface area contributed by atoms with Crippen LogP contribution < -0.4 is 0 Å². The van der Waals surface area contributed by atoms with E-state index in [0.717, 1.165) is 40.6 Å². The number of aromatic nitrogens is 3. The smallest absolute Gasteiger partial charge is 0.157 e. The fourth-order valence-corrected chi connectivity index (χ4v) is 2.86. The van der Waals surface area contributed by atoms with Gasteiger partial charge in [-0.2, -0.15) is 5.10 Å². The molecular formula is C18H16FN3O. The van der Waals surface area contributed by atoms with Crippen LogP contribution in [0.3, 0.4) is 0 Å². The summed E-state index contributed by atoms with van der Waals surface area (Å²) >= 11 is 0. The van der Waals surface area contributed by atoms with Crippen molar-refractivity contribution in [2.45, 2.75) is 26.3 Å². The van der Waals surface area contributed by atoms with Crippen molar-refractivity contribution in [1.82, 2.24) is 14.8 Å². The highest BCUT2D eigenvalue weighted by atomic mass is 19.1. The maximum absolute atomic E-state index is 13.3. The molecule has 0 aliphatic heterocycles. The maximum Gasteiger partial charge on any atom is 0.157 e. The number of benzene rings is 1. The number of rotatable bonds is 4. The zero-order valence-electron chi connectivity index (χ0n) is 12.8. The predicted octanol–water partition coefficient (Wildman–Crippen LogP) is 3.52. The van der Waals surface area contributed by atoms with Crippen LogP contribution in [0.4, 0.5) is 4.39 Å². The van der Waals surface area contributed by atoms with Crippen molar-refractivity contribution in [3.63, 3.8) is 0 Å². The number of nitrogens with zero attached hydrogens (tertiary/aromatic N) is 3. The molecule has 0 spiro atoms. The van der Waals surface area contributed by atoms with Gasteiger partial charge >= 0.3 is 0 Å². The number of Topliss-reactive ketones (excluding diaryl/α,β-unsaturated/α-hetero) is 1. The second kappa shape index (κ2) is 5.26. The number of pyridine rings is 1. The van der Waals surface area contributed by atoms with E-state index in [9.17, 15) is 9.18 Å². The van der Waals surface area contributed by atoms with Crippen LogP contribution in [0, 0.1) is 18.7 Å². The second-order valence-electron chi connectivity index (χ2n) is 6.13. The molecule has 0 amide bonds. The molecule has 1 aliphatic rings. The minimum Gasteiger partial charge on any atom is -0.297 e. The first kappa shape index (κ1) is 14.1. The van der Waals surface area contributed by atoms with Crippen molar-refractivity contribution in [3.05, 3.63) is 48.0 Å². The molecule has 5 heteroatoms. The van der Waals surface area contributed by atoms with Crippen LogP contribution in [0.2, 0.25) is 0 Å². The topological polar surface area (TPSA) is 47.8 Å². The van der Waals surface area contributed by atoms with Crippen LogP contribution in [0.5, 0.6) is 0 Å². The van der Waals surface area contributed by atoms with Crippen molar-refractivity contribution in [2.75, 3.05) is 0 Å². The van der Waals surface area contributed by atoms with Crippen molar-refractivity contribution in [2.24, 2.45) is 5.92 Å². The van der Waals surface area contributed by atoms with E-state index in [-0.39, 0.29) is 17.5 Å². The Morgan fingerprint density at radius 3 is 2.87 bits per heavy atom. The van der Waals surface area contributed by atoms with E-state index in [0.29, 0.717) is 6.54 Å². The molecule has 1 fully saturated rings. The molecule has 2 heterocycles.